The summed E-state index contributed by atoms with van der Waals surface area (Å²) in [7, 11) is 0. The number of unbranched alkanes of at least 4 members (excludes halogenated alkanes) is 4. The first-order chi connectivity index (χ1) is 51.7. The fraction of sp³-hybridized carbons (Fsp3) is 0.592. The number of carboxylic acid groups (broad SMARTS) is 1. The van der Waals surface area contributed by atoms with Crippen molar-refractivity contribution in [2.75, 3.05) is 26.2 Å². The molecule has 0 saturated heterocycles. The number of aliphatic carboxylic acids is 1. The Morgan fingerprint density at radius 2 is 0.587 bits per heavy atom. The highest BCUT2D eigenvalue weighted by molar-refractivity contribution is 6.00. The number of hydrogen-bond acceptors (Lipinski definition) is 20. The number of phenols is 1. The largest absolute Gasteiger partial charge is 0.508 e. The summed E-state index contributed by atoms with van der Waals surface area (Å²) < 4.78 is 0. The van der Waals surface area contributed by atoms with E-state index in [1.54, 1.807) is 102 Å². The number of carboxylic acids is 1. The van der Waals surface area contributed by atoms with E-state index in [1.165, 1.54) is 45.0 Å². The molecule has 0 heterocycles. The molecule has 12 amide bonds. The van der Waals surface area contributed by atoms with Crippen molar-refractivity contribution >= 4 is 76.9 Å². The van der Waals surface area contributed by atoms with Crippen LogP contribution in [0.25, 0.3) is 0 Å². The van der Waals surface area contributed by atoms with Crippen molar-refractivity contribution in [1.82, 2.24) is 63.8 Å². The summed E-state index contributed by atoms with van der Waals surface area (Å²) in [6.07, 6.45) is 2.49. The van der Waals surface area contributed by atoms with Crippen molar-refractivity contribution in [3.63, 3.8) is 0 Å². The van der Waals surface area contributed by atoms with E-state index in [0.29, 0.717) is 87.6 Å². The van der Waals surface area contributed by atoms with Crippen molar-refractivity contribution in [2.45, 2.75) is 243 Å². The third-order valence-electron chi connectivity index (χ3n) is 18.2. The van der Waals surface area contributed by atoms with Crippen LogP contribution in [-0.2, 0) is 81.6 Å². The van der Waals surface area contributed by atoms with Crippen LogP contribution in [0.3, 0.4) is 0 Å². The van der Waals surface area contributed by atoms with E-state index in [0.717, 1.165) is 0 Å². The third-order valence-corrected chi connectivity index (χ3v) is 18.2. The molecule has 0 radical (unpaired) electrons. The molecule has 3 aromatic rings. The molecule has 109 heavy (non-hydrogen) atoms. The topological polar surface area (TPSA) is 557 Å². The van der Waals surface area contributed by atoms with Crippen molar-refractivity contribution < 1.29 is 77.6 Å². The van der Waals surface area contributed by atoms with E-state index in [4.69, 9.17) is 28.7 Å². The maximum absolute atomic E-state index is 14.7. The standard InChI is InChI=1S/C76H121N17O16/c1-43(2)60(91-74(106)61(44(3)4)90-69(101)56(31-19-23-39-80)86-68(100)55(30-18-22-38-79)85-67(99)54(29-17-21-37-78)84-66(98)53(81)28-16-20-36-77)73(105)83-46(7)64(96)82-47(8)65(97)93-63(48(9)94)75(107)89-58(42-51-32-34-52(95)35-33-51)71(103)87-57(40-49-24-12-10-13-25-49)70(102)88-59(41-50-26-14-11-15-27-50)72(104)92-62(45(5)6)76(108)109/h10-15,24-27,32-35,43-48,53-63,94-95H,16-23,28-31,36-42,77-81H2,1-9H3,(H,82,96)(H,83,105)(H,84,98)(H,85,99)(H,86,100)(H,87,103)(H,88,102)(H,89,107)(H,90,101)(H,91,106)(H,92,104)(H,93,97)(H,108,109)/t46-,47-,48+,53-,54-,55-,56-,57-,58-,59-,60-,61-,62-,63-/m0/s1. The van der Waals surface area contributed by atoms with Gasteiger partial charge in [-0.05, 0) is 164 Å². The molecule has 0 aliphatic carbocycles. The fourth-order valence-electron chi connectivity index (χ4n) is 11.5. The third kappa shape index (κ3) is 33.8. The van der Waals surface area contributed by atoms with Gasteiger partial charge in [-0.25, -0.2) is 4.79 Å². The number of rotatable bonds is 51. The molecule has 0 fully saturated rings. The smallest absolute Gasteiger partial charge is 0.326 e. The van der Waals surface area contributed by atoms with Crippen LogP contribution in [0.1, 0.15) is 156 Å². The molecule has 0 bridgehead atoms. The molecule has 606 valence electrons. The highest BCUT2D eigenvalue weighted by atomic mass is 16.4. The molecule has 25 N–H and O–H groups in total. The monoisotopic (exact) mass is 1530 g/mol. The summed E-state index contributed by atoms with van der Waals surface area (Å²) in [5, 5.41) is 62.7. The summed E-state index contributed by atoms with van der Waals surface area (Å²) in [6.45, 7) is 14.8. The molecule has 0 aliphatic rings. The number of aliphatic hydroxyl groups excluding tert-OH is 1. The van der Waals surface area contributed by atoms with Crippen molar-refractivity contribution in [3.8, 4) is 5.75 Å². The molecule has 0 spiro atoms. The molecule has 0 saturated carbocycles. The molecule has 14 atom stereocenters. The number of benzene rings is 3. The summed E-state index contributed by atoms with van der Waals surface area (Å²) in [6, 6.07) is 5.28. The summed E-state index contributed by atoms with van der Waals surface area (Å²) in [5.41, 5.74) is 30.7. The van der Waals surface area contributed by atoms with Gasteiger partial charge in [0.2, 0.25) is 70.9 Å². The van der Waals surface area contributed by atoms with Gasteiger partial charge in [0.25, 0.3) is 0 Å². The Hall–Kier alpha value is -9.67. The van der Waals surface area contributed by atoms with Crippen LogP contribution < -0.4 is 92.5 Å². The Morgan fingerprint density at radius 1 is 0.312 bits per heavy atom. The number of phenolic OH excluding ortho intramolecular Hbond substituents is 1. The quantitative estimate of drug-likeness (QED) is 0.0288. The van der Waals surface area contributed by atoms with E-state index in [9.17, 15) is 77.6 Å². The van der Waals surface area contributed by atoms with Crippen molar-refractivity contribution in [3.05, 3.63) is 102 Å². The minimum Gasteiger partial charge on any atom is -0.508 e. The van der Waals surface area contributed by atoms with Crippen LogP contribution in [0.5, 0.6) is 5.75 Å². The molecular formula is C76H121N17O16. The van der Waals surface area contributed by atoms with Gasteiger partial charge in [0.1, 0.15) is 78.3 Å². The first-order valence-corrected chi connectivity index (χ1v) is 37.6. The number of nitrogens with one attached hydrogen (secondary N) is 12. The Labute approximate surface area is 638 Å². The molecular weight excluding hydrogens is 1410 g/mol. The SMILES string of the molecule is CC(C)[C@H](NC(=O)[C@H](Cc1ccccc1)NC(=O)[C@H](Cc1ccccc1)NC(=O)[C@H](Cc1ccc(O)cc1)NC(=O)[C@@H](NC(=O)[C@H](C)NC(=O)[C@H](C)NC(=O)[C@@H](NC(=O)[C@@H](NC(=O)[C@H](CCCCN)NC(=O)[C@H](CCCCN)NC(=O)[C@H](CCCCN)NC(=O)[C@@H](N)CCCCN)C(C)C)C(C)C)[C@@H](C)O)C(=O)O. The van der Waals surface area contributed by atoms with Crippen LogP contribution in [0.2, 0.25) is 0 Å². The predicted octanol–water partition coefficient (Wildman–Crippen LogP) is -1.45. The second-order valence-electron chi connectivity index (χ2n) is 28.6. The highest BCUT2D eigenvalue weighted by Crippen LogP contribution is 2.17. The van der Waals surface area contributed by atoms with Gasteiger partial charge in [0, 0.05) is 19.3 Å². The molecule has 3 aromatic carbocycles. The minimum atomic E-state index is -1.81. The molecule has 0 aromatic heterocycles. The van der Waals surface area contributed by atoms with Gasteiger partial charge in [-0.2, -0.15) is 0 Å². The first-order valence-electron chi connectivity index (χ1n) is 37.6. The molecule has 33 heteroatoms. The number of hydrogen-bond donors (Lipinski definition) is 20. The average Bonchev–Trinajstić information content (AvgIpc) is 0.843. The van der Waals surface area contributed by atoms with E-state index in [1.807, 2.05) is 0 Å². The fourth-order valence-corrected chi connectivity index (χ4v) is 11.5. The zero-order chi connectivity index (χ0) is 81.4. The Kier molecular flexibility index (Phi) is 42.4. The van der Waals surface area contributed by atoms with Gasteiger partial charge in [-0.15, -0.1) is 0 Å². The first kappa shape index (κ1) is 93.5. The second-order valence-corrected chi connectivity index (χ2v) is 28.6. The van der Waals surface area contributed by atoms with E-state index >= 15 is 0 Å². The molecule has 0 aliphatic heterocycles. The van der Waals surface area contributed by atoms with Crippen molar-refractivity contribution in [1.29, 1.82) is 0 Å². The number of carbonyl (C=O) groups excluding carboxylic acids is 12. The lowest BCUT2D eigenvalue weighted by molar-refractivity contribution is -0.143. The number of aliphatic hydroxyl groups is 1. The van der Waals surface area contributed by atoms with E-state index in [-0.39, 0.29) is 57.4 Å². The number of amides is 12. The number of carbonyl (C=O) groups is 13. The van der Waals surface area contributed by atoms with E-state index < -0.39 is 179 Å². The van der Waals surface area contributed by atoms with Gasteiger partial charge in [0.05, 0.1) is 12.1 Å². The van der Waals surface area contributed by atoms with Gasteiger partial charge >= 0.3 is 5.97 Å². The molecule has 33 nitrogen and oxygen atoms in total. The lowest BCUT2D eigenvalue weighted by atomic mass is 9.98. The van der Waals surface area contributed by atoms with Crippen LogP contribution in [-0.4, -0.2) is 203 Å². The Bertz CT molecular complexity index is 3390. The predicted molar refractivity (Wildman–Crippen MR) is 410 cm³/mol. The van der Waals surface area contributed by atoms with Gasteiger partial charge in [-0.3, -0.25) is 57.5 Å². The molecule has 0 unspecified atom stereocenters. The lowest BCUT2D eigenvalue weighted by Gasteiger charge is -2.30. The van der Waals surface area contributed by atoms with Gasteiger partial charge in [0.15, 0.2) is 0 Å². The Morgan fingerprint density at radius 3 is 0.963 bits per heavy atom. The van der Waals surface area contributed by atoms with Crippen LogP contribution in [0.15, 0.2) is 84.9 Å². The summed E-state index contributed by atoms with van der Waals surface area (Å²) >= 11 is 0. The summed E-state index contributed by atoms with van der Waals surface area (Å²) in [4.78, 5) is 182. The minimum absolute atomic E-state index is 0.0623. The Balaban J connectivity index is 1.82. The van der Waals surface area contributed by atoms with Crippen LogP contribution in [0, 0.1) is 17.8 Å². The normalized spacial score (nSPS) is 15.2. The van der Waals surface area contributed by atoms with Gasteiger partial charge < -0.3 is 108 Å². The second kappa shape index (κ2) is 49.4. The van der Waals surface area contributed by atoms with Crippen LogP contribution >= 0.6 is 0 Å². The summed E-state index contributed by atoms with van der Waals surface area (Å²) in [5.74, 6) is -13.2. The maximum atomic E-state index is 14.7. The van der Waals surface area contributed by atoms with Crippen LogP contribution in [0.4, 0.5) is 0 Å². The van der Waals surface area contributed by atoms with Crippen molar-refractivity contribution in [2.24, 2.45) is 46.4 Å². The zero-order valence-electron chi connectivity index (χ0n) is 64.4. The maximum Gasteiger partial charge on any atom is 0.326 e. The highest BCUT2D eigenvalue weighted by Gasteiger charge is 2.39. The molecule has 3 rings (SSSR count). The van der Waals surface area contributed by atoms with Gasteiger partial charge in [-0.1, -0.05) is 121 Å². The zero-order valence-corrected chi connectivity index (χ0v) is 64.4. The lowest BCUT2D eigenvalue weighted by Crippen LogP contribution is -2.62. The number of aromatic hydroxyl groups is 1. The number of nitrogens with two attached hydrogens (primary N) is 5. The average molecular weight is 1530 g/mol. The van der Waals surface area contributed by atoms with E-state index in [2.05, 4.69) is 63.8 Å².